The first-order valence-electron chi connectivity index (χ1n) is 22.4. The lowest BCUT2D eigenvalue weighted by atomic mass is 10.3. The van der Waals surface area contributed by atoms with Crippen LogP contribution in [0.15, 0.2) is 0 Å². The van der Waals surface area contributed by atoms with Gasteiger partial charge in [0.15, 0.2) is 0 Å². The summed E-state index contributed by atoms with van der Waals surface area (Å²) in [7, 11) is 0. The van der Waals surface area contributed by atoms with E-state index >= 15 is 0 Å². The van der Waals surface area contributed by atoms with Gasteiger partial charge < -0.3 is 0 Å². The monoisotopic (exact) mass is 673 g/mol. The average molecular weight is 674 g/mol. The van der Waals surface area contributed by atoms with E-state index in [-0.39, 0.29) is 0 Å². The van der Waals surface area contributed by atoms with Crippen LogP contribution in [0.25, 0.3) is 0 Å². The Morgan fingerprint density at radius 1 is 0.133 bits per heavy atom. The molecule has 0 unspecified atom stereocenters. The molecule has 0 bridgehead atoms. The third-order valence-electron chi connectivity index (χ3n) is 0.707. The van der Waals surface area contributed by atoms with Gasteiger partial charge in [-0.25, -0.2) is 0 Å². The molecule has 0 aromatic rings. The Morgan fingerprint density at radius 3 is 0.178 bits per heavy atom. The smallest absolute Gasteiger partial charge is 0.0538 e. The van der Waals surface area contributed by atoms with Gasteiger partial charge in [0.25, 0.3) is 0 Å². The van der Waals surface area contributed by atoms with Gasteiger partial charge in [-0.05, 0) is 0 Å². The van der Waals surface area contributed by atoms with Crippen LogP contribution in [0, 0.1) is 0 Å². The van der Waals surface area contributed by atoms with Crippen molar-refractivity contribution < 1.29 is 0 Å². The van der Waals surface area contributed by atoms with Crippen molar-refractivity contribution in [3.63, 3.8) is 0 Å². The van der Waals surface area contributed by atoms with E-state index in [0.717, 1.165) is 0 Å². The first-order valence-corrected chi connectivity index (χ1v) is 22.4. The van der Waals surface area contributed by atoms with Crippen LogP contribution in [0.3, 0.4) is 0 Å². The molecule has 0 atom stereocenters. The van der Waals surface area contributed by atoms with Gasteiger partial charge in [-0.15, -0.1) is 0 Å². The molecule has 0 spiro atoms. The molecule has 0 aliphatic carbocycles. The largest absolute Gasteiger partial charge is 0.0683 e. The average Bonchev–Trinajstić information content (AvgIpc) is 3.27. The molecule has 0 saturated carbocycles. The maximum atomic E-state index is 2.21. The number of hydrogen-bond donors (Lipinski definition) is 0. The van der Waals surface area contributed by atoms with Crippen LogP contribution < -0.4 is 0 Å². The highest BCUT2D eigenvalue weighted by molar-refractivity contribution is 4.24. The first-order chi connectivity index (χ1) is 22.4. The normalized spacial score (nSPS) is 3.60. The second-order valence-corrected chi connectivity index (χ2v) is 1.35. The van der Waals surface area contributed by atoms with Crippen LogP contribution in [-0.4, -0.2) is 0 Å². The lowest BCUT2D eigenvalue weighted by Crippen LogP contribution is -1.59. The summed E-state index contributed by atoms with van der Waals surface area (Å²) in [4.78, 5) is 0. The molecule has 0 heteroatoms. The molecule has 312 valence electrons. The zero-order valence-corrected chi connectivity index (χ0v) is 44.1. The summed E-state index contributed by atoms with van der Waals surface area (Å²) in [5, 5.41) is 0. The summed E-state index contributed by atoms with van der Waals surface area (Å²) >= 11 is 0. The van der Waals surface area contributed by atoms with Crippen LogP contribution in [0.1, 0.15) is 310 Å². The Balaban J connectivity index is -0.00000000714. The molecule has 0 aromatic heterocycles. The highest BCUT2D eigenvalue weighted by atomic mass is 13.7. The second-order valence-electron chi connectivity index (χ2n) is 1.35. The summed E-state index contributed by atoms with van der Waals surface area (Å²) in [6.07, 6.45) is 4.08. The fraction of sp³-hybridized carbons (Fsp3) is 1.00. The number of rotatable bonds is 2. The van der Waals surface area contributed by atoms with Crippen molar-refractivity contribution >= 4 is 0 Å². The zero-order chi connectivity index (χ0) is 44.1. The molecular weight excluding hydrogens is 540 g/mol. The van der Waals surface area contributed by atoms with E-state index in [2.05, 4.69) is 13.8 Å². The Bertz CT molecular complexity index is 7.51. The number of hydrogen-bond acceptors (Lipinski definition) is 0. The molecule has 0 rings (SSSR count). The molecular formula is C45H132. The predicted molar refractivity (Wildman–Crippen MR) is 252 cm³/mol. The van der Waals surface area contributed by atoms with E-state index in [9.17, 15) is 0 Å². The second kappa shape index (κ2) is 9040. The Kier molecular flexibility index (Phi) is 30400. The lowest BCUT2D eigenvalue weighted by Gasteiger charge is -1.79. The van der Waals surface area contributed by atoms with Crippen LogP contribution in [0.2, 0.25) is 0 Å². The van der Waals surface area contributed by atoms with Gasteiger partial charge in [0.05, 0.1) is 0 Å². The Labute approximate surface area is 309 Å². The topological polar surface area (TPSA) is 0 Å². The van der Waals surface area contributed by atoms with E-state index in [1.54, 1.807) is 0 Å². The summed E-state index contributed by atoms with van der Waals surface area (Å²) in [5.41, 5.74) is 0. The van der Waals surface area contributed by atoms with Crippen molar-refractivity contribution in [2.75, 3.05) is 0 Å². The Hall–Kier alpha value is 0. The third kappa shape index (κ3) is 19400. The van der Waals surface area contributed by atoms with E-state index in [1.807, 2.05) is 277 Å². The van der Waals surface area contributed by atoms with Crippen molar-refractivity contribution in [3.05, 3.63) is 0 Å². The quantitative estimate of drug-likeness (QED) is 0.274. The highest BCUT2D eigenvalue weighted by Gasteiger charge is 1.68. The molecule has 0 fully saturated rings. The molecule has 0 aliphatic rings. The maximum Gasteiger partial charge on any atom is -0.0538 e. The molecule has 0 aromatic carbocycles. The van der Waals surface area contributed by atoms with E-state index in [0.29, 0.717) is 0 Å². The maximum absolute atomic E-state index is 2.21. The van der Waals surface area contributed by atoms with Gasteiger partial charge in [0, 0.05) is 0 Å². The van der Waals surface area contributed by atoms with Crippen molar-refractivity contribution in [3.8, 4) is 0 Å². The van der Waals surface area contributed by atoms with Crippen LogP contribution in [0.4, 0.5) is 0 Å². The standard InChI is InChI=1S/C5H12.20C2H6/c1-3-5-4-2;20*1-2/h3-5H2,1-2H3;20*1-2H3. The van der Waals surface area contributed by atoms with Gasteiger partial charge in [-0.1, -0.05) is 310 Å². The van der Waals surface area contributed by atoms with Gasteiger partial charge in [-0.2, -0.15) is 0 Å². The van der Waals surface area contributed by atoms with Crippen molar-refractivity contribution in [1.82, 2.24) is 0 Å². The van der Waals surface area contributed by atoms with Gasteiger partial charge >= 0.3 is 0 Å². The minimum atomic E-state index is 1.34. The molecule has 45 heavy (non-hydrogen) atoms. The van der Waals surface area contributed by atoms with Crippen molar-refractivity contribution in [2.45, 2.75) is 310 Å². The van der Waals surface area contributed by atoms with Gasteiger partial charge in [-0.3, -0.25) is 0 Å². The van der Waals surface area contributed by atoms with Crippen LogP contribution in [0.5, 0.6) is 0 Å². The van der Waals surface area contributed by atoms with Crippen molar-refractivity contribution in [1.29, 1.82) is 0 Å². The summed E-state index contributed by atoms with van der Waals surface area (Å²) < 4.78 is 0. The number of unbranched alkanes of at least 4 members (excludes halogenated alkanes) is 2. The van der Waals surface area contributed by atoms with E-state index < -0.39 is 0 Å². The van der Waals surface area contributed by atoms with Crippen LogP contribution in [-0.2, 0) is 0 Å². The Morgan fingerprint density at radius 2 is 0.178 bits per heavy atom. The molecule has 0 amide bonds. The fourth-order valence-corrected chi connectivity index (χ4v) is 0.354. The minimum absolute atomic E-state index is 1.34. The highest BCUT2D eigenvalue weighted by Crippen LogP contribution is 1.88. The van der Waals surface area contributed by atoms with E-state index in [1.165, 1.54) is 19.3 Å². The molecule has 0 N–H and O–H groups in total. The lowest BCUT2D eigenvalue weighted by molar-refractivity contribution is 0.772. The summed E-state index contributed by atoms with van der Waals surface area (Å²) in [5.74, 6) is 0. The van der Waals surface area contributed by atoms with E-state index in [4.69, 9.17) is 0 Å². The van der Waals surface area contributed by atoms with Crippen LogP contribution >= 0.6 is 0 Å². The zero-order valence-electron chi connectivity index (χ0n) is 44.1. The molecule has 0 nitrogen and oxygen atoms in total. The molecule has 0 saturated heterocycles. The van der Waals surface area contributed by atoms with Gasteiger partial charge in [0.1, 0.15) is 0 Å². The predicted octanol–water partition coefficient (Wildman–Crippen LogP) is 22.7. The molecule has 0 heterocycles. The summed E-state index contributed by atoms with van der Waals surface area (Å²) in [6, 6.07) is 0. The third-order valence-corrected chi connectivity index (χ3v) is 0.707. The first kappa shape index (κ1) is 151. The minimum Gasteiger partial charge on any atom is -0.0683 e. The summed E-state index contributed by atoms with van der Waals surface area (Å²) in [6.45, 7) is 84.4. The molecule has 0 aliphatic heterocycles. The van der Waals surface area contributed by atoms with Gasteiger partial charge in [0.2, 0.25) is 0 Å². The fourth-order valence-electron chi connectivity index (χ4n) is 0.354. The van der Waals surface area contributed by atoms with Crippen molar-refractivity contribution in [2.24, 2.45) is 0 Å². The SMILES string of the molecule is CC.CC.CC.CC.CC.CC.CC.CC.CC.CC.CC.CC.CC.CC.CC.CC.CC.CC.CC.CC.CCCCC. The molecule has 0 radical (unpaired) electrons.